The lowest BCUT2D eigenvalue weighted by Crippen LogP contribution is -2.19. The Morgan fingerprint density at radius 2 is 1.52 bits per heavy atom. The van der Waals surface area contributed by atoms with E-state index in [1.807, 2.05) is 0 Å². The van der Waals surface area contributed by atoms with Crippen molar-refractivity contribution in [3.63, 3.8) is 0 Å². The van der Waals surface area contributed by atoms with Crippen LogP contribution in [0, 0.1) is 12.7 Å². The molecule has 0 saturated heterocycles. The van der Waals surface area contributed by atoms with E-state index in [1.54, 1.807) is 73.7 Å². The Morgan fingerprint density at radius 3 is 2.19 bits per heavy atom. The van der Waals surface area contributed by atoms with E-state index >= 15 is 0 Å². The van der Waals surface area contributed by atoms with Crippen molar-refractivity contribution in [3.05, 3.63) is 102 Å². The van der Waals surface area contributed by atoms with Crippen molar-refractivity contribution in [2.24, 2.45) is 0 Å². The number of methoxy groups -OCH3 is 2. The van der Waals surface area contributed by atoms with Crippen LogP contribution in [0.2, 0.25) is 0 Å². The van der Waals surface area contributed by atoms with Crippen molar-refractivity contribution < 1.29 is 27.1 Å². The molecule has 1 heterocycles. The maximum Gasteiger partial charge on any atom is 0.258 e. The fourth-order valence-electron chi connectivity index (χ4n) is 4.26. The summed E-state index contributed by atoms with van der Waals surface area (Å²) in [5.74, 6) is -0.208. The smallest absolute Gasteiger partial charge is 0.258 e. The number of para-hydroxylation sites is 2. The molecule has 0 aliphatic rings. The van der Waals surface area contributed by atoms with Gasteiger partial charge in [-0.3, -0.25) is 4.79 Å². The third-order valence-electron chi connectivity index (χ3n) is 6.25. The summed E-state index contributed by atoms with van der Waals surface area (Å²) in [4.78, 5) is 22.1. The molecule has 0 radical (unpaired) electrons. The molecule has 0 fully saturated rings. The number of nitrogens with zero attached hydrogens (tertiary/aromatic N) is 3. The van der Waals surface area contributed by atoms with Gasteiger partial charge in [-0.05, 0) is 49.4 Å². The van der Waals surface area contributed by atoms with Gasteiger partial charge < -0.3 is 20.1 Å². The highest BCUT2D eigenvalue weighted by atomic mass is 32.2. The van der Waals surface area contributed by atoms with E-state index in [0.717, 1.165) is 4.31 Å². The molecule has 2 N–H and O–H groups in total. The fraction of sp³-hybridized carbons (Fsp3) is 0.100. The highest BCUT2D eigenvalue weighted by Crippen LogP contribution is 2.36. The third kappa shape index (κ3) is 6.08. The Kier molecular flexibility index (Phi) is 8.16. The molecule has 0 saturated carbocycles. The van der Waals surface area contributed by atoms with Gasteiger partial charge in [0.1, 0.15) is 17.3 Å². The van der Waals surface area contributed by atoms with E-state index < -0.39 is 22.6 Å². The molecule has 0 aliphatic heterocycles. The summed E-state index contributed by atoms with van der Waals surface area (Å²) in [7, 11) is -0.265. The minimum Gasteiger partial charge on any atom is -0.497 e. The number of hydrogen-bond donors (Lipinski definition) is 3. The zero-order valence-corrected chi connectivity index (χ0v) is 23.7. The number of amides is 1. The number of aryl methyl sites for hydroxylation is 1. The van der Waals surface area contributed by atoms with E-state index in [4.69, 9.17) is 9.47 Å². The average Bonchev–Trinajstić information content (AvgIpc) is 2.98. The molecule has 1 aromatic heterocycles. The molecular formula is C30H26FN5O5S. The molecule has 4 aromatic carbocycles. The Morgan fingerprint density at radius 1 is 0.833 bits per heavy atom. The molecule has 10 nitrogen and oxygen atoms in total. The summed E-state index contributed by atoms with van der Waals surface area (Å²) in [6.07, 6.45) is 0. The molecule has 0 unspecified atom stereocenters. The average molecular weight is 588 g/mol. The van der Waals surface area contributed by atoms with Crippen LogP contribution in [0.5, 0.6) is 11.5 Å². The Bertz CT molecular complexity index is 1850. The van der Waals surface area contributed by atoms with E-state index in [-0.39, 0.29) is 28.6 Å². The van der Waals surface area contributed by atoms with Gasteiger partial charge >= 0.3 is 0 Å². The van der Waals surface area contributed by atoms with Gasteiger partial charge in [0, 0.05) is 29.6 Å². The number of carbonyl (C=O) groups excluding carboxylic acids is 1. The van der Waals surface area contributed by atoms with Crippen LogP contribution < -0.4 is 24.4 Å². The molecule has 214 valence electrons. The van der Waals surface area contributed by atoms with Crippen LogP contribution >= 0.6 is 0 Å². The van der Waals surface area contributed by atoms with E-state index in [9.17, 15) is 17.6 Å². The van der Waals surface area contributed by atoms with E-state index in [0.29, 0.717) is 33.8 Å². The first kappa shape index (κ1) is 28.3. The summed E-state index contributed by atoms with van der Waals surface area (Å²) < 4.78 is 51.6. The van der Waals surface area contributed by atoms with E-state index in [1.165, 1.54) is 32.4 Å². The number of halogens is 1. The minimum atomic E-state index is -3.30. The van der Waals surface area contributed by atoms with Gasteiger partial charge in [-0.1, -0.05) is 29.8 Å². The number of thiol groups is 1. The van der Waals surface area contributed by atoms with Crippen LogP contribution in [0.15, 0.2) is 84.9 Å². The van der Waals surface area contributed by atoms with Crippen LogP contribution in [-0.4, -0.2) is 38.5 Å². The Hall–Kier alpha value is -5.23. The first-order valence-corrected chi connectivity index (χ1v) is 13.8. The molecule has 1 amide bonds. The van der Waals surface area contributed by atoms with Crippen LogP contribution in [-0.2, 0) is 10.9 Å². The largest absolute Gasteiger partial charge is 0.497 e. The van der Waals surface area contributed by atoms with Crippen molar-refractivity contribution in [2.75, 3.05) is 29.2 Å². The van der Waals surface area contributed by atoms with Crippen LogP contribution in [0.4, 0.5) is 33.1 Å². The van der Waals surface area contributed by atoms with Crippen molar-refractivity contribution in [3.8, 4) is 11.5 Å². The number of hydrogen-bond acceptors (Lipinski definition) is 8. The van der Waals surface area contributed by atoms with Crippen molar-refractivity contribution in [2.45, 2.75) is 6.92 Å². The molecular weight excluding hydrogens is 561 g/mol. The summed E-state index contributed by atoms with van der Waals surface area (Å²) in [6, 6.07) is 22.5. The molecule has 5 aromatic rings. The predicted octanol–water partition coefficient (Wildman–Crippen LogP) is 5.75. The number of aromatic nitrogens is 2. The number of carbonyl (C=O) groups is 1. The molecule has 0 bridgehead atoms. The quantitative estimate of drug-likeness (QED) is 0.186. The molecule has 0 atom stereocenters. The Labute approximate surface area is 242 Å². The lowest BCUT2D eigenvalue weighted by Gasteiger charge is -2.21. The summed E-state index contributed by atoms with van der Waals surface area (Å²) in [6.45, 7) is 1.75. The van der Waals surface area contributed by atoms with Gasteiger partial charge in [0.2, 0.25) is 10.9 Å². The first-order chi connectivity index (χ1) is 20.2. The topological polar surface area (TPSA) is 123 Å². The Balaban J connectivity index is 1.58. The second-order valence-corrected chi connectivity index (χ2v) is 10.0. The summed E-state index contributed by atoms with van der Waals surface area (Å²) in [5.41, 5.74) is 2.51. The zero-order valence-electron chi connectivity index (χ0n) is 22.8. The number of ether oxygens (including phenoxy) is 2. The van der Waals surface area contributed by atoms with Gasteiger partial charge in [0.15, 0.2) is 11.6 Å². The SMILES string of the molecule is COc1cc(Nc2nc3ccccc3nc2N(c2cccc(NC(=O)c3cc(C)ccc3F)c2)[SH](=O)=O)cc(OC)c1. The third-order valence-corrected chi connectivity index (χ3v) is 6.99. The first-order valence-electron chi connectivity index (χ1n) is 12.6. The van der Waals surface area contributed by atoms with Gasteiger partial charge in [-0.15, -0.1) is 0 Å². The summed E-state index contributed by atoms with van der Waals surface area (Å²) in [5, 5.41) is 5.78. The van der Waals surface area contributed by atoms with Crippen LogP contribution in [0.1, 0.15) is 15.9 Å². The van der Waals surface area contributed by atoms with Crippen molar-refractivity contribution in [1.82, 2.24) is 9.97 Å². The maximum absolute atomic E-state index is 14.3. The van der Waals surface area contributed by atoms with Gasteiger partial charge in [-0.2, -0.15) is 0 Å². The highest BCUT2D eigenvalue weighted by molar-refractivity contribution is 7.74. The van der Waals surface area contributed by atoms with Crippen LogP contribution in [0.3, 0.4) is 0 Å². The molecule has 5 rings (SSSR count). The lowest BCUT2D eigenvalue weighted by atomic mass is 10.1. The summed E-state index contributed by atoms with van der Waals surface area (Å²) >= 11 is 0. The van der Waals surface area contributed by atoms with Crippen molar-refractivity contribution >= 4 is 56.5 Å². The van der Waals surface area contributed by atoms with Gasteiger partial charge in [-0.25, -0.2) is 27.1 Å². The fourth-order valence-corrected chi connectivity index (χ4v) is 4.87. The second-order valence-electron chi connectivity index (χ2n) is 9.15. The standard InChI is InChI=1S/C30H26FN5O5S/c1-18-11-12-25(31)24(13-18)30(37)33-19-7-6-8-21(14-19)36(42(38)39)29-28(34-26-9-4-5-10-27(26)35-29)32-20-15-22(40-2)17-23(16-20)41-3/h4-17,42H,1-3H3,(H,32,34)(H,33,37). The van der Waals surface area contributed by atoms with Gasteiger partial charge in [0.05, 0.1) is 36.5 Å². The molecule has 12 heteroatoms. The second kappa shape index (κ2) is 12.1. The monoisotopic (exact) mass is 587 g/mol. The van der Waals surface area contributed by atoms with Crippen LogP contribution in [0.25, 0.3) is 11.0 Å². The van der Waals surface area contributed by atoms with E-state index in [2.05, 4.69) is 20.6 Å². The molecule has 0 spiro atoms. The highest BCUT2D eigenvalue weighted by Gasteiger charge is 2.22. The molecule has 42 heavy (non-hydrogen) atoms. The van der Waals surface area contributed by atoms with Crippen molar-refractivity contribution in [1.29, 1.82) is 0 Å². The maximum atomic E-state index is 14.3. The number of nitrogens with one attached hydrogen (secondary N) is 2. The normalized spacial score (nSPS) is 10.9. The lowest BCUT2D eigenvalue weighted by molar-refractivity contribution is 0.102. The molecule has 0 aliphatic carbocycles. The number of benzene rings is 4. The zero-order chi connectivity index (χ0) is 29.8. The minimum absolute atomic E-state index is 0.0141. The van der Waals surface area contributed by atoms with Gasteiger partial charge in [0.25, 0.3) is 5.91 Å². The predicted molar refractivity (Wildman–Crippen MR) is 160 cm³/mol. The number of fused-ring (bicyclic) bond motifs is 1. The number of anilines is 5. The number of rotatable bonds is 9.